The predicted molar refractivity (Wildman–Crippen MR) is 104 cm³/mol. The molecule has 0 fully saturated rings. The summed E-state index contributed by atoms with van der Waals surface area (Å²) in [5.41, 5.74) is 2.80. The molecule has 2 heterocycles. The van der Waals surface area contributed by atoms with Gasteiger partial charge in [-0.3, -0.25) is 0 Å². The molecule has 0 unspecified atom stereocenters. The summed E-state index contributed by atoms with van der Waals surface area (Å²) in [6, 6.07) is 12.3. The van der Waals surface area contributed by atoms with Crippen LogP contribution in [0, 0.1) is 6.92 Å². The second kappa shape index (κ2) is 7.28. The number of esters is 1. The topological polar surface area (TPSA) is 79.1 Å². The Hall–Kier alpha value is -3.45. The Labute approximate surface area is 165 Å². The molecule has 0 saturated heterocycles. The Morgan fingerprint density at radius 3 is 2.61 bits per heavy atom. The Morgan fingerprint density at radius 2 is 1.89 bits per heavy atom. The maximum Gasteiger partial charge on any atom is 0.337 e. The number of halogens is 1. The third kappa shape index (κ3) is 3.27. The first kappa shape index (κ1) is 17.9. The summed E-state index contributed by atoms with van der Waals surface area (Å²) in [5, 5.41) is 5.70. The zero-order chi connectivity index (χ0) is 19.7. The van der Waals surface area contributed by atoms with Crippen LogP contribution in [-0.2, 0) is 4.74 Å². The van der Waals surface area contributed by atoms with Crippen LogP contribution in [-0.4, -0.2) is 32.8 Å². The number of fused-ring (bicyclic) bond motifs is 1. The minimum absolute atomic E-state index is 0.361. The summed E-state index contributed by atoms with van der Waals surface area (Å²) in [5.74, 6) is 0.480. The summed E-state index contributed by atoms with van der Waals surface area (Å²) < 4.78 is 12.2. The average Bonchev–Trinajstić information content (AvgIpc) is 3.15. The summed E-state index contributed by atoms with van der Waals surface area (Å²) in [6.45, 7) is 1.94. The highest BCUT2D eigenvalue weighted by Gasteiger charge is 2.14. The molecule has 28 heavy (non-hydrogen) atoms. The summed E-state index contributed by atoms with van der Waals surface area (Å²) in [4.78, 5) is 20.1. The Bertz CT molecular complexity index is 1170. The first-order chi connectivity index (χ1) is 13.6. The number of ether oxygens (including phenoxy) is 2. The van der Waals surface area contributed by atoms with Gasteiger partial charge in [0.05, 0.1) is 24.6 Å². The minimum Gasteiger partial charge on any atom is -0.465 e. The number of rotatable bonds is 4. The zero-order valence-electron chi connectivity index (χ0n) is 15.1. The normalized spacial score (nSPS) is 10.8. The first-order valence-electron chi connectivity index (χ1n) is 8.38. The number of nitrogens with zero attached hydrogens (tertiary/aromatic N) is 4. The van der Waals surface area contributed by atoms with Crippen molar-refractivity contribution in [2.75, 3.05) is 7.11 Å². The number of hydrogen-bond donors (Lipinski definition) is 0. The standard InChI is InChI=1S/C20H15ClN4O3/c1-12-3-6-14(9-17(12)21)25-18-16(10-24-25)19(23-11-22-18)28-15-7-4-13(5-8-15)20(26)27-2/h3-11H,1-2H3. The third-order valence-corrected chi connectivity index (χ3v) is 4.63. The van der Waals surface area contributed by atoms with Crippen molar-refractivity contribution in [2.24, 2.45) is 0 Å². The lowest BCUT2D eigenvalue weighted by Crippen LogP contribution is -2.00. The summed E-state index contributed by atoms with van der Waals surface area (Å²) in [7, 11) is 1.34. The molecular formula is C20H15ClN4O3. The summed E-state index contributed by atoms with van der Waals surface area (Å²) >= 11 is 6.23. The molecule has 4 rings (SSSR count). The number of aromatic nitrogens is 4. The molecule has 0 aliphatic carbocycles. The van der Waals surface area contributed by atoms with Gasteiger partial charge in [0.2, 0.25) is 5.88 Å². The molecule has 7 nitrogen and oxygen atoms in total. The fourth-order valence-corrected chi connectivity index (χ4v) is 2.87. The van der Waals surface area contributed by atoms with Crippen LogP contribution in [0.25, 0.3) is 16.7 Å². The van der Waals surface area contributed by atoms with E-state index in [0.717, 1.165) is 11.3 Å². The molecule has 0 atom stereocenters. The molecule has 0 spiro atoms. The Balaban J connectivity index is 1.68. The molecule has 2 aromatic carbocycles. The minimum atomic E-state index is -0.408. The molecule has 0 aliphatic rings. The van der Waals surface area contributed by atoms with E-state index in [-0.39, 0.29) is 0 Å². The number of carbonyl (C=O) groups is 1. The molecule has 0 saturated carbocycles. The van der Waals surface area contributed by atoms with Gasteiger partial charge in [0.15, 0.2) is 5.65 Å². The lowest BCUT2D eigenvalue weighted by Gasteiger charge is -2.07. The van der Waals surface area contributed by atoms with Crippen LogP contribution < -0.4 is 4.74 Å². The molecule has 0 amide bonds. The van der Waals surface area contributed by atoms with Crippen molar-refractivity contribution in [1.82, 2.24) is 19.7 Å². The van der Waals surface area contributed by atoms with Gasteiger partial charge in [-0.15, -0.1) is 0 Å². The van der Waals surface area contributed by atoms with Crippen LogP contribution in [0.3, 0.4) is 0 Å². The molecular weight excluding hydrogens is 380 g/mol. The molecule has 4 aromatic rings. The molecule has 0 aliphatic heterocycles. The maximum absolute atomic E-state index is 11.5. The van der Waals surface area contributed by atoms with Gasteiger partial charge >= 0.3 is 5.97 Å². The zero-order valence-corrected chi connectivity index (χ0v) is 15.8. The molecule has 8 heteroatoms. The highest BCUT2D eigenvalue weighted by molar-refractivity contribution is 6.31. The Morgan fingerprint density at radius 1 is 1.11 bits per heavy atom. The van der Waals surface area contributed by atoms with Gasteiger partial charge in [0.1, 0.15) is 17.5 Å². The van der Waals surface area contributed by atoms with E-state index < -0.39 is 5.97 Å². The van der Waals surface area contributed by atoms with E-state index in [2.05, 4.69) is 15.1 Å². The van der Waals surface area contributed by atoms with Crippen LogP contribution in [0.1, 0.15) is 15.9 Å². The van der Waals surface area contributed by atoms with Gasteiger partial charge in [-0.05, 0) is 48.9 Å². The number of benzene rings is 2. The number of carbonyl (C=O) groups excluding carboxylic acids is 1. The second-order valence-corrected chi connectivity index (χ2v) is 6.43. The van der Waals surface area contributed by atoms with Crippen molar-refractivity contribution in [1.29, 1.82) is 0 Å². The van der Waals surface area contributed by atoms with Crippen molar-refractivity contribution >= 4 is 28.6 Å². The quantitative estimate of drug-likeness (QED) is 0.478. The van der Waals surface area contributed by atoms with E-state index in [1.54, 1.807) is 35.1 Å². The monoisotopic (exact) mass is 394 g/mol. The highest BCUT2D eigenvalue weighted by Crippen LogP contribution is 2.28. The van der Waals surface area contributed by atoms with E-state index in [4.69, 9.17) is 21.1 Å². The van der Waals surface area contributed by atoms with Crippen molar-refractivity contribution in [3.8, 4) is 17.3 Å². The predicted octanol–water partition coefficient (Wildman–Crippen LogP) is 4.36. The van der Waals surface area contributed by atoms with Crippen LogP contribution in [0.4, 0.5) is 0 Å². The number of hydrogen-bond acceptors (Lipinski definition) is 6. The SMILES string of the molecule is COC(=O)c1ccc(Oc2ncnc3c2cnn3-c2ccc(C)c(Cl)c2)cc1. The van der Waals surface area contributed by atoms with Crippen LogP contribution >= 0.6 is 11.6 Å². The number of methoxy groups -OCH3 is 1. The van der Waals surface area contributed by atoms with E-state index in [9.17, 15) is 4.79 Å². The van der Waals surface area contributed by atoms with Crippen LogP contribution in [0.15, 0.2) is 55.0 Å². The van der Waals surface area contributed by atoms with Crippen LogP contribution in [0.5, 0.6) is 11.6 Å². The van der Waals surface area contributed by atoms with Crippen molar-refractivity contribution in [3.05, 3.63) is 71.1 Å². The van der Waals surface area contributed by atoms with Crippen molar-refractivity contribution < 1.29 is 14.3 Å². The average molecular weight is 395 g/mol. The summed E-state index contributed by atoms with van der Waals surface area (Å²) in [6.07, 6.45) is 3.05. The lowest BCUT2D eigenvalue weighted by molar-refractivity contribution is 0.0600. The molecule has 0 bridgehead atoms. The van der Waals surface area contributed by atoms with Crippen molar-refractivity contribution in [3.63, 3.8) is 0 Å². The first-order valence-corrected chi connectivity index (χ1v) is 8.76. The van der Waals surface area contributed by atoms with E-state index in [0.29, 0.717) is 33.2 Å². The smallest absolute Gasteiger partial charge is 0.337 e. The van der Waals surface area contributed by atoms with Crippen LogP contribution in [0.2, 0.25) is 5.02 Å². The Kier molecular flexibility index (Phi) is 4.67. The van der Waals surface area contributed by atoms with Gasteiger partial charge in [-0.2, -0.15) is 5.10 Å². The van der Waals surface area contributed by atoms with E-state index >= 15 is 0 Å². The third-order valence-electron chi connectivity index (χ3n) is 4.22. The van der Waals surface area contributed by atoms with Gasteiger partial charge in [0.25, 0.3) is 0 Å². The molecule has 0 N–H and O–H groups in total. The maximum atomic E-state index is 11.5. The van der Waals surface area contributed by atoms with E-state index in [1.165, 1.54) is 13.4 Å². The van der Waals surface area contributed by atoms with Gasteiger partial charge < -0.3 is 9.47 Å². The van der Waals surface area contributed by atoms with Gasteiger partial charge in [-0.1, -0.05) is 17.7 Å². The number of aryl methyl sites for hydroxylation is 1. The second-order valence-electron chi connectivity index (χ2n) is 6.02. The fourth-order valence-electron chi connectivity index (χ4n) is 2.69. The van der Waals surface area contributed by atoms with Gasteiger partial charge in [-0.25, -0.2) is 19.4 Å². The fraction of sp³-hybridized carbons (Fsp3) is 0.100. The largest absolute Gasteiger partial charge is 0.465 e. The lowest BCUT2D eigenvalue weighted by atomic mass is 10.2. The highest BCUT2D eigenvalue weighted by atomic mass is 35.5. The van der Waals surface area contributed by atoms with Gasteiger partial charge in [0, 0.05) is 5.02 Å². The molecule has 2 aromatic heterocycles. The molecule has 140 valence electrons. The van der Waals surface area contributed by atoms with E-state index in [1.807, 2.05) is 25.1 Å². The molecule has 0 radical (unpaired) electrons. The van der Waals surface area contributed by atoms with Crippen molar-refractivity contribution in [2.45, 2.75) is 6.92 Å².